The topological polar surface area (TPSA) is 67.4 Å². The molecule has 0 aliphatic carbocycles. The lowest BCUT2D eigenvalue weighted by molar-refractivity contribution is -0.137. The van der Waals surface area contributed by atoms with E-state index in [-0.39, 0.29) is 24.5 Å². The second kappa shape index (κ2) is 8.91. The molecule has 2 N–H and O–H groups in total. The normalized spacial score (nSPS) is 10.8. The van der Waals surface area contributed by atoms with Gasteiger partial charge in [-0.25, -0.2) is 4.79 Å². The van der Waals surface area contributed by atoms with Crippen molar-refractivity contribution in [2.45, 2.75) is 26.8 Å². The van der Waals surface area contributed by atoms with Crippen molar-refractivity contribution in [1.29, 1.82) is 0 Å². The van der Waals surface area contributed by atoms with Crippen molar-refractivity contribution in [3.8, 4) is 0 Å². The minimum Gasteiger partial charge on any atom is -0.463 e. The summed E-state index contributed by atoms with van der Waals surface area (Å²) in [5, 5.41) is 5.63. The fourth-order valence-corrected chi connectivity index (χ4v) is 0.988. The first-order valence-corrected chi connectivity index (χ1v) is 5.39. The molecule has 0 saturated heterocycles. The first kappa shape index (κ1) is 14.6. The molecule has 5 nitrogen and oxygen atoms in total. The van der Waals surface area contributed by atoms with E-state index in [1.54, 1.807) is 13.0 Å². The fourth-order valence-electron chi connectivity index (χ4n) is 0.988. The lowest BCUT2D eigenvalue weighted by atomic mass is 10.4. The van der Waals surface area contributed by atoms with Crippen LogP contribution in [0.3, 0.4) is 0 Å². The molecule has 0 aromatic carbocycles. The van der Waals surface area contributed by atoms with Gasteiger partial charge in [0.1, 0.15) is 0 Å². The van der Waals surface area contributed by atoms with E-state index in [1.165, 1.54) is 6.08 Å². The molecule has 0 unspecified atom stereocenters. The molecular weight excluding hydrogens is 208 g/mol. The van der Waals surface area contributed by atoms with Crippen molar-refractivity contribution >= 4 is 11.9 Å². The Morgan fingerprint density at radius 3 is 2.62 bits per heavy atom. The maximum Gasteiger partial charge on any atom is 0.330 e. The molecule has 0 aliphatic heterocycles. The number of nitrogens with one attached hydrogen (secondary N) is 2. The first-order valence-electron chi connectivity index (χ1n) is 5.39. The number of rotatable bonds is 7. The summed E-state index contributed by atoms with van der Waals surface area (Å²) in [6, 6.07) is 0.143. The summed E-state index contributed by atoms with van der Waals surface area (Å²) in [7, 11) is 0. The van der Waals surface area contributed by atoms with Gasteiger partial charge < -0.3 is 15.4 Å². The number of hydrogen-bond donors (Lipinski definition) is 2. The molecule has 92 valence electrons. The summed E-state index contributed by atoms with van der Waals surface area (Å²) in [5.74, 6) is -0.421. The molecule has 5 heteroatoms. The fraction of sp³-hybridized carbons (Fsp3) is 0.636. The Morgan fingerprint density at radius 2 is 2.06 bits per heavy atom. The summed E-state index contributed by atoms with van der Waals surface area (Å²) in [6.07, 6.45) is 2.97. The largest absolute Gasteiger partial charge is 0.463 e. The first-order chi connectivity index (χ1) is 7.56. The molecule has 0 rings (SSSR count). The predicted molar refractivity (Wildman–Crippen MR) is 61.9 cm³/mol. The zero-order chi connectivity index (χ0) is 12.4. The minimum atomic E-state index is -0.365. The van der Waals surface area contributed by atoms with Crippen molar-refractivity contribution in [1.82, 2.24) is 10.6 Å². The van der Waals surface area contributed by atoms with Gasteiger partial charge in [0.05, 0.1) is 13.2 Å². The molecule has 0 saturated carbocycles. The SMILES string of the molecule is CCOC(=O)/C=C/CNCC(=O)NC(C)C. The Hall–Kier alpha value is -1.36. The van der Waals surface area contributed by atoms with Gasteiger partial charge in [0.25, 0.3) is 0 Å². The van der Waals surface area contributed by atoms with Crippen molar-refractivity contribution in [3.05, 3.63) is 12.2 Å². The maximum absolute atomic E-state index is 11.2. The Labute approximate surface area is 96.2 Å². The summed E-state index contributed by atoms with van der Waals surface area (Å²) in [5.41, 5.74) is 0. The third-order valence-electron chi connectivity index (χ3n) is 1.54. The molecule has 0 aliphatic rings. The summed E-state index contributed by atoms with van der Waals surface area (Å²) in [4.78, 5) is 22.0. The Bertz CT molecular complexity index is 250. The average Bonchev–Trinajstić information content (AvgIpc) is 2.16. The molecule has 0 bridgehead atoms. The third kappa shape index (κ3) is 9.21. The van der Waals surface area contributed by atoms with Crippen LogP contribution in [0.2, 0.25) is 0 Å². The molecule has 0 heterocycles. The summed E-state index contributed by atoms with van der Waals surface area (Å²) in [6.45, 7) is 6.63. The van der Waals surface area contributed by atoms with Gasteiger partial charge in [0.15, 0.2) is 0 Å². The van der Waals surface area contributed by atoms with E-state index in [9.17, 15) is 9.59 Å². The number of carbonyl (C=O) groups excluding carboxylic acids is 2. The van der Waals surface area contributed by atoms with E-state index in [0.717, 1.165) is 0 Å². The Balaban J connectivity index is 3.52. The highest BCUT2D eigenvalue weighted by Crippen LogP contribution is 1.80. The van der Waals surface area contributed by atoms with E-state index < -0.39 is 0 Å². The molecule has 0 atom stereocenters. The molecule has 16 heavy (non-hydrogen) atoms. The van der Waals surface area contributed by atoms with E-state index in [0.29, 0.717) is 13.2 Å². The molecule has 0 fully saturated rings. The highest BCUT2D eigenvalue weighted by atomic mass is 16.5. The number of esters is 1. The third-order valence-corrected chi connectivity index (χ3v) is 1.54. The summed E-state index contributed by atoms with van der Waals surface area (Å²) < 4.78 is 4.69. The molecule has 0 aromatic heterocycles. The number of ether oxygens (including phenoxy) is 1. The second-order valence-corrected chi connectivity index (χ2v) is 3.51. The smallest absolute Gasteiger partial charge is 0.330 e. The van der Waals surface area contributed by atoms with Crippen LogP contribution < -0.4 is 10.6 Å². The second-order valence-electron chi connectivity index (χ2n) is 3.51. The molecular formula is C11H20N2O3. The Morgan fingerprint density at radius 1 is 1.38 bits per heavy atom. The number of carbonyl (C=O) groups is 2. The lowest BCUT2D eigenvalue weighted by Crippen LogP contribution is -2.37. The van der Waals surface area contributed by atoms with Crippen LogP contribution in [0.4, 0.5) is 0 Å². The van der Waals surface area contributed by atoms with Crippen LogP contribution in [0.5, 0.6) is 0 Å². The predicted octanol–water partition coefficient (Wildman–Crippen LogP) is 0.220. The van der Waals surface area contributed by atoms with E-state index in [2.05, 4.69) is 15.4 Å². The van der Waals surface area contributed by atoms with E-state index >= 15 is 0 Å². The van der Waals surface area contributed by atoms with Gasteiger partial charge >= 0.3 is 5.97 Å². The van der Waals surface area contributed by atoms with Crippen LogP contribution in [0, 0.1) is 0 Å². The zero-order valence-electron chi connectivity index (χ0n) is 10.1. The Kier molecular flexibility index (Phi) is 8.15. The lowest BCUT2D eigenvalue weighted by Gasteiger charge is -2.07. The van der Waals surface area contributed by atoms with Gasteiger partial charge in [0, 0.05) is 18.7 Å². The van der Waals surface area contributed by atoms with Crippen LogP contribution in [-0.4, -0.2) is 37.6 Å². The average molecular weight is 228 g/mol. The summed E-state index contributed by atoms with van der Waals surface area (Å²) >= 11 is 0. The van der Waals surface area contributed by atoms with Crippen molar-refractivity contribution in [2.75, 3.05) is 19.7 Å². The van der Waals surface area contributed by atoms with Crippen molar-refractivity contribution < 1.29 is 14.3 Å². The highest BCUT2D eigenvalue weighted by molar-refractivity contribution is 5.82. The van der Waals surface area contributed by atoms with Crippen LogP contribution in [0.1, 0.15) is 20.8 Å². The van der Waals surface area contributed by atoms with E-state index in [4.69, 9.17) is 0 Å². The van der Waals surface area contributed by atoms with Gasteiger partial charge in [-0.15, -0.1) is 0 Å². The number of hydrogen-bond acceptors (Lipinski definition) is 4. The monoisotopic (exact) mass is 228 g/mol. The van der Waals surface area contributed by atoms with Gasteiger partial charge in [-0.05, 0) is 20.8 Å². The number of amides is 1. The van der Waals surface area contributed by atoms with Crippen molar-refractivity contribution in [3.63, 3.8) is 0 Å². The molecule has 1 amide bonds. The van der Waals surface area contributed by atoms with Gasteiger partial charge in [-0.3, -0.25) is 4.79 Å². The highest BCUT2D eigenvalue weighted by Gasteiger charge is 2.00. The van der Waals surface area contributed by atoms with Crippen molar-refractivity contribution in [2.24, 2.45) is 0 Å². The van der Waals surface area contributed by atoms with Gasteiger partial charge in [-0.2, -0.15) is 0 Å². The van der Waals surface area contributed by atoms with Crippen LogP contribution in [-0.2, 0) is 14.3 Å². The standard InChI is InChI=1S/C11H20N2O3/c1-4-16-11(15)6-5-7-12-8-10(14)13-9(2)3/h5-6,9,12H,4,7-8H2,1-3H3,(H,13,14)/b6-5+. The molecule has 0 spiro atoms. The molecule has 0 radical (unpaired) electrons. The zero-order valence-corrected chi connectivity index (χ0v) is 10.1. The molecule has 0 aromatic rings. The quantitative estimate of drug-likeness (QED) is 0.371. The minimum absolute atomic E-state index is 0.0560. The van der Waals surface area contributed by atoms with Gasteiger partial charge in [-0.1, -0.05) is 6.08 Å². The van der Waals surface area contributed by atoms with Crippen LogP contribution >= 0.6 is 0 Å². The van der Waals surface area contributed by atoms with Gasteiger partial charge in [0.2, 0.25) is 5.91 Å². The van der Waals surface area contributed by atoms with E-state index in [1.807, 2.05) is 13.8 Å². The van der Waals surface area contributed by atoms with Crippen LogP contribution in [0.25, 0.3) is 0 Å². The van der Waals surface area contributed by atoms with Crippen LogP contribution in [0.15, 0.2) is 12.2 Å². The maximum atomic E-state index is 11.2.